The number of carbonyl (C=O) groups is 1. The summed E-state index contributed by atoms with van der Waals surface area (Å²) in [5, 5.41) is 13.8. The van der Waals surface area contributed by atoms with Gasteiger partial charge in [-0.3, -0.25) is 4.79 Å². The molecule has 1 aliphatic carbocycles. The Hall–Kier alpha value is -1.69. The Balaban J connectivity index is 1.78. The predicted octanol–water partition coefficient (Wildman–Crippen LogP) is 3.03. The zero-order valence-corrected chi connectivity index (χ0v) is 15.8. The van der Waals surface area contributed by atoms with Crippen LogP contribution < -0.4 is 0 Å². The molecule has 6 nitrogen and oxygen atoms in total. The SMILES string of the molecule is Cc1noc([C@H]2C[C@@H](O)CN2C(=O)/C=C/C2(C)CCC(C)C2(C)C)n1. The van der Waals surface area contributed by atoms with Crippen LogP contribution in [0.25, 0.3) is 0 Å². The Morgan fingerprint density at radius 3 is 2.68 bits per heavy atom. The fraction of sp³-hybridized carbons (Fsp3) is 0.737. The topological polar surface area (TPSA) is 79.5 Å². The van der Waals surface area contributed by atoms with Crippen molar-refractivity contribution in [2.45, 2.75) is 66.0 Å². The molecule has 3 rings (SSSR count). The van der Waals surface area contributed by atoms with E-state index < -0.39 is 6.10 Å². The molecule has 1 aliphatic heterocycles. The van der Waals surface area contributed by atoms with Crippen molar-refractivity contribution in [2.75, 3.05) is 6.54 Å². The van der Waals surface area contributed by atoms with Gasteiger partial charge in [-0.1, -0.05) is 38.9 Å². The first-order valence-corrected chi connectivity index (χ1v) is 9.12. The summed E-state index contributed by atoms with van der Waals surface area (Å²) >= 11 is 0. The lowest BCUT2D eigenvalue weighted by Gasteiger charge is -2.39. The van der Waals surface area contributed by atoms with Crippen LogP contribution in [0.1, 0.15) is 64.7 Å². The Labute approximate surface area is 149 Å². The van der Waals surface area contributed by atoms with Crippen molar-refractivity contribution >= 4 is 5.91 Å². The van der Waals surface area contributed by atoms with Crippen LogP contribution in [0.5, 0.6) is 0 Å². The van der Waals surface area contributed by atoms with Crippen molar-refractivity contribution in [2.24, 2.45) is 16.7 Å². The Kier molecular flexibility index (Phi) is 4.52. The van der Waals surface area contributed by atoms with Crippen molar-refractivity contribution < 1.29 is 14.4 Å². The first-order valence-electron chi connectivity index (χ1n) is 9.12. The number of aliphatic hydroxyl groups excluding tert-OH is 1. The molecule has 1 saturated heterocycles. The molecule has 25 heavy (non-hydrogen) atoms. The number of likely N-dealkylation sites (tertiary alicyclic amines) is 1. The number of aryl methyl sites for hydroxylation is 1. The number of aromatic nitrogens is 2. The van der Waals surface area contributed by atoms with E-state index in [4.69, 9.17) is 4.52 Å². The molecule has 0 aromatic carbocycles. The molecule has 4 atom stereocenters. The third kappa shape index (κ3) is 3.12. The van der Waals surface area contributed by atoms with Crippen LogP contribution in [0.4, 0.5) is 0 Å². The van der Waals surface area contributed by atoms with Crippen LogP contribution in [-0.4, -0.2) is 38.7 Å². The lowest BCUT2D eigenvalue weighted by Crippen LogP contribution is -2.33. The summed E-state index contributed by atoms with van der Waals surface area (Å²) in [6.45, 7) is 11.1. The molecule has 1 N–H and O–H groups in total. The van der Waals surface area contributed by atoms with Gasteiger partial charge in [-0.2, -0.15) is 4.98 Å². The van der Waals surface area contributed by atoms with Crippen molar-refractivity contribution in [1.29, 1.82) is 0 Å². The van der Waals surface area contributed by atoms with Gasteiger partial charge in [0.05, 0.1) is 6.10 Å². The molecule has 0 radical (unpaired) electrons. The molecular weight excluding hydrogens is 318 g/mol. The summed E-state index contributed by atoms with van der Waals surface area (Å²) < 4.78 is 5.23. The average molecular weight is 347 g/mol. The fourth-order valence-corrected chi connectivity index (χ4v) is 4.15. The normalized spacial score (nSPS) is 35.0. The van der Waals surface area contributed by atoms with E-state index >= 15 is 0 Å². The first-order chi connectivity index (χ1) is 11.6. The lowest BCUT2D eigenvalue weighted by molar-refractivity contribution is -0.127. The summed E-state index contributed by atoms with van der Waals surface area (Å²) in [7, 11) is 0. The van der Waals surface area contributed by atoms with Gasteiger partial charge in [0.1, 0.15) is 6.04 Å². The second-order valence-corrected chi connectivity index (χ2v) is 8.49. The van der Waals surface area contributed by atoms with Crippen LogP contribution in [0.15, 0.2) is 16.7 Å². The highest BCUT2D eigenvalue weighted by Crippen LogP contribution is 2.56. The zero-order valence-electron chi connectivity index (χ0n) is 15.8. The van der Waals surface area contributed by atoms with Crippen LogP contribution in [-0.2, 0) is 4.79 Å². The minimum atomic E-state index is -0.562. The van der Waals surface area contributed by atoms with Gasteiger partial charge in [0, 0.05) is 13.0 Å². The maximum Gasteiger partial charge on any atom is 0.249 e. The van der Waals surface area contributed by atoms with Crippen LogP contribution in [0.2, 0.25) is 0 Å². The lowest BCUT2D eigenvalue weighted by atomic mass is 9.66. The van der Waals surface area contributed by atoms with Gasteiger partial charge in [0.2, 0.25) is 11.8 Å². The summed E-state index contributed by atoms with van der Waals surface area (Å²) in [4.78, 5) is 18.7. The standard InChI is InChI=1S/C19H29N3O3/c1-12-6-8-19(5,18(12,3)4)9-7-16(24)22-11-14(23)10-15(22)17-20-13(2)21-25-17/h7,9,12,14-15,23H,6,8,10-11H2,1-5H3/b9-7+/t12?,14-,15-,19?/m1/s1. The van der Waals surface area contributed by atoms with E-state index in [9.17, 15) is 9.90 Å². The average Bonchev–Trinajstić information content (AvgIpc) is 3.19. The van der Waals surface area contributed by atoms with Crippen molar-refractivity contribution in [1.82, 2.24) is 15.0 Å². The highest BCUT2D eigenvalue weighted by Gasteiger charge is 2.48. The molecular formula is C19H29N3O3. The van der Waals surface area contributed by atoms with Gasteiger partial charge in [-0.25, -0.2) is 0 Å². The van der Waals surface area contributed by atoms with Gasteiger partial charge in [0.25, 0.3) is 0 Å². The quantitative estimate of drug-likeness (QED) is 0.850. The molecule has 0 spiro atoms. The second-order valence-electron chi connectivity index (χ2n) is 8.49. The van der Waals surface area contributed by atoms with Crippen molar-refractivity contribution in [3.8, 4) is 0 Å². The second kappa shape index (κ2) is 6.24. The number of carbonyl (C=O) groups excluding carboxylic acids is 1. The van der Waals surface area contributed by atoms with Gasteiger partial charge < -0.3 is 14.5 Å². The number of allylic oxidation sites excluding steroid dienone is 1. The van der Waals surface area contributed by atoms with Crippen LogP contribution in [0.3, 0.4) is 0 Å². The van der Waals surface area contributed by atoms with E-state index in [1.165, 1.54) is 6.42 Å². The molecule has 1 amide bonds. The third-order valence-electron chi connectivity index (χ3n) is 6.78. The molecule has 2 aliphatic rings. The third-order valence-corrected chi connectivity index (χ3v) is 6.78. The van der Waals surface area contributed by atoms with Gasteiger partial charge >= 0.3 is 0 Å². The monoisotopic (exact) mass is 347 g/mol. The molecule has 1 aromatic heterocycles. The van der Waals surface area contributed by atoms with E-state index in [-0.39, 0.29) is 22.8 Å². The minimum absolute atomic E-state index is 0.00299. The predicted molar refractivity (Wildman–Crippen MR) is 93.5 cm³/mol. The molecule has 2 unspecified atom stereocenters. The number of aliphatic hydroxyl groups is 1. The summed E-state index contributed by atoms with van der Waals surface area (Å²) in [6, 6.07) is -0.350. The Bertz CT molecular complexity index is 681. The van der Waals surface area contributed by atoms with Crippen molar-refractivity contribution in [3.63, 3.8) is 0 Å². The molecule has 138 valence electrons. The smallest absolute Gasteiger partial charge is 0.249 e. The highest BCUT2D eigenvalue weighted by atomic mass is 16.5. The van der Waals surface area contributed by atoms with Gasteiger partial charge in [-0.15, -0.1) is 0 Å². The van der Waals surface area contributed by atoms with E-state index in [0.717, 1.165) is 6.42 Å². The van der Waals surface area contributed by atoms with E-state index in [1.807, 2.05) is 0 Å². The Morgan fingerprint density at radius 1 is 1.40 bits per heavy atom. The van der Waals surface area contributed by atoms with Gasteiger partial charge in [0.15, 0.2) is 5.82 Å². The maximum atomic E-state index is 12.8. The largest absolute Gasteiger partial charge is 0.391 e. The summed E-state index contributed by atoms with van der Waals surface area (Å²) in [6.07, 6.45) is 5.87. The highest BCUT2D eigenvalue weighted by molar-refractivity contribution is 5.88. The number of amides is 1. The number of hydrogen-bond acceptors (Lipinski definition) is 5. The van der Waals surface area contributed by atoms with Crippen molar-refractivity contribution in [3.05, 3.63) is 23.9 Å². The summed E-state index contributed by atoms with van der Waals surface area (Å²) in [5.74, 6) is 1.46. The van der Waals surface area contributed by atoms with E-state index in [1.54, 1.807) is 17.9 Å². The van der Waals surface area contributed by atoms with Crippen LogP contribution >= 0.6 is 0 Å². The molecule has 1 aromatic rings. The molecule has 2 heterocycles. The summed E-state index contributed by atoms with van der Waals surface area (Å²) in [5.41, 5.74) is 0.147. The van der Waals surface area contributed by atoms with E-state index in [2.05, 4.69) is 43.9 Å². The number of nitrogens with zero attached hydrogens (tertiary/aromatic N) is 3. The molecule has 0 bridgehead atoms. The maximum absolute atomic E-state index is 12.8. The molecule has 2 fully saturated rings. The zero-order chi connectivity index (χ0) is 18.4. The Morgan fingerprint density at radius 2 is 2.12 bits per heavy atom. The van der Waals surface area contributed by atoms with E-state index in [0.29, 0.717) is 30.6 Å². The molecule has 6 heteroatoms. The number of β-amino-alcohol motifs (C(OH)–C–C–N with tert-alkyl or cyclic N) is 1. The van der Waals surface area contributed by atoms with Gasteiger partial charge in [-0.05, 0) is 42.6 Å². The minimum Gasteiger partial charge on any atom is -0.391 e. The number of hydrogen-bond donors (Lipinski definition) is 1. The molecule has 1 saturated carbocycles. The number of rotatable bonds is 3. The van der Waals surface area contributed by atoms with Crippen LogP contribution in [0, 0.1) is 23.7 Å². The fourth-order valence-electron chi connectivity index (χ4n) is 4.15. The first kappa shape index (κ1) is 18.1.